The monoisotopic (exact) mass is 907 g/mol. The summed E-state index contributed by atoms with van der Waals surface area (Å²) in [5, 5.41) is 2.79. The maximum Gasteiger partial charge on any atom is 0.220 e. The van der Waals surface area contributed by atoms with Crippen LogP contribution in [-0.2, 0) is 4.66 Å². The van der Waals surface area contributed by atoms with Gasteiger partial charge < -0.3 is 13.6 Å². The van der Waals surface area contributed by atoms with E-state index in [1.54, 1.807) is 12.1 Å². The van der Waals surface area contributed by atoms with E-state index in [9.17, 15) is 16.4 Å². The Balaban J connectivity index is 1.31. The first-order valence-corrected chi connectivity index (χ1v) is 27.1. The summed E-state index contributed by atoms with van der Waals surface area (Å²) in [7, 11) is -16.7. The molecule has 11 heteroatoms. The van der Waals surface area contributed by atoms with Crippen LogP contribution in [0.15, 0.2) is 210 Å². The van der Waals surface area contributed by atoms with Crippen LogP contribution in [0.4, 0.5) is 0 Å². The van der Waals surface area contributed by atoms with Gasteiger partial charge in [-0.1, -0.05) is 159 Å². The molecule has 1 aliphatic rings. The molecule has 0 unspecified atom stereocenters. The maximum absolute atomic E-state index is 9.85. The van der Waals surface area contributed by atoms with Gasteiger partial charge in [0.15, 0.2) is 35.2 Å². The highest BCUT2D eigenvalue weighted by molar-refractivity contribution is 7.20. The number of oxazole rings is 2. The second kappa shape index (κ2) is 14.6. The van der Waals surface area contributed by atoms with Crippen molar-refractivity contribution in [1.29, 1.82) is 0 Å². The SMILES string of the molecule is [2H]C([2H])([2H])[Si](c1ncco1)(C([2H])([2H])[2H])C1([Si](c2ncco2)(C([2H])([2H])[2H])C([2H])([2H])[2H])c2ccccc2Oc2c1cccc2[Si](c1ccccc1)(c1ccccc1)c1cccc(-n2c3ccccc3n3c4ccccc4nc23)c1. The normalized spacial score (nSPS) is 17.3. The van der Waals surface area contributed by atoms with E-state index < -0.39 is 65.8 Å². The number of benzene rings is 7. The van der Waals surface area contributed by atoms with Crippen molar-refractivity contribution in [3.05, 3.63) is 212 Å². The van der Waals surface area contributed by atoms with Crippen molar-refractivity contribution in [3.63, 3.8) is 0 Å². The molecule has 5 heterocycles. The average molecular weight is 908 g/mol. The van der Waals surface area contributed by atoms with Crippen LogP contribution in [0.3, 0.4) is 0 Å². The van der Waals surface area contributed by atoms with Crippen LogP contribution in [0.25, 0.3) is 33.5 Å². The van der Waals surface area contributed by atoms with E-state index in [4.69, 9.17) is 18.6 Å². The lowest BCUT2D eigenvalue weighted by Gasteiger charge is -2.54. The van der Waals surface area contributed by atoms with E-state index in [-0.39, 0.29) is 22.6 Å². The second-order valence-corrected chi connectivity index (χ2v) is 25.9. The number of imidazole rings is 2. The zero-order valence-corrected chi connectivity index (χ0v) is 37.5. The molecule has 11 aromatic rings. The van der Waals surface area contributed by atoms with Crippen LogP contribution < -0.4 is 36.5 Å². The molecule has 316 valence electrons. The molecule has 4 aromatic heterocycles. The molecule has 0 spiro atoms. The Morgan fingerprint density at radius 2 is 1.11 bits per heavy atom. The van der Waals surface area contributed by atoms with Crippen molar-refractivity contribution < 1.29 is 30.0 Å². The van der Waals surface area contributed by atoms with Crippen LogP contribution in [0, 0.1) is 0 Å². The third kappa shape index (κ3) is 5.37. The highest BCUT2D eigenvalue weighted by Gasteiger charge is 2.68. The number of rotatable bonds is 9. The Morgan fingerprint density at radius 1 is 0.538 bits per heavy atom. The van der Waals surface area contributed by atoms with Crippen LogP contribution >= 0.6 is 0 Å². The van der Waals surface area contributed by atoms with Gasteiger partial charge in [-0.15, -0.1) is 0 Å². The third-order valence-corrected chi connectivity index (χ3v) is 25.1. The number of nitrogens with zero attached hydrogens (tertiary/aromatic N) is 5. The first-order chi connectivity index (χ1) is 36.8. The van der Waals surface area contributed by atoms with Gasteiger partial charge in [0.1, 0.15) is 24.0 Å². The summed E-state index contributed by atoms with van der Waals surface area (Å²) < 4.78 is 139. The Bertz CT molecular complexity index is 3870. The minimum Gasteiger partial charge on any atom is -0.457 e. The summed E-state index contributed by atoms with van der Waals surface area (Å²) in [5.74, 6) is 0.382. The van der Waals surface area contributed by atoms with E-state index in [0.717, 1.165) is 68.2 Å². The highest BCUT2D eigenvalue weighted by atomic mass is 28.4. The van der Waals surface area contributed by atoms with Crippen molar-refractivity contribution in [2.75, 3.05) is 0 Å². The van der Waals surface area contributed by atoms with Crippen molar-refractivity contribution in [1.82, 2.24) is 23.9 Å². The van der Waals surface area contributed by atoms with Crippen LogP contribution in [-0.4, -0.2) is 48.1 Å². The fourth-order valence-electron chi connectivity index (χ4n) is 10.4. The molecule has 12 rings (SSSR count). The average Bonchev–Trinajstić information content (AvgIpc) is 4.41. The third-order valence-electron chi connectivity index (χ3n) is 13.0. The number of fused-ring (bicyclic) bond motifs is 7. The molecular weight excluding hydrogens is 851 g/mol. The van der Waals surface area contributed by atoms with Gasteiger partial charge in [-0.05, 0) is 63.2 Å². The summed E-state index contributed by atoms with van der Waals surface area (Å²) in [6, 6.07) is 54.2. The van der Waals surface area contributed by atoms with Crippen molar-refractivity contribution in [2.45, 2.75) is 30.6 Å². The van der Waals surface area contributed by atoms with Crippen LogP contribution in [0.1, 0.15) is 27.6 Å². The molecule has 0 saturated carbocycles. The Morgan fingerprint density at radius 3 is 1.77 bits per heavy atom. The number of ether oxygens (including phenoxy) is 1. The number of hydrogen-bond acceptors (Lipinski definition) is 6. The molecule has 7 aromatic carbocycles. The summed E-state index contributed by atoms with van der Waals surface area (Å²) in [6.07, 6.45) is 4.22. The molecule has 0 aliphatic carbocycles. The lowest BCUT2D eigenvalue weighted by molar-refractivity contribution is 0.451. The minimum atomic E-state index is -6.33. The van der Waals surface area contributed by atoms with E-state index in [1.165, 1.54) is 24.3 Å². The molecule has 0 radical (unpaired) electrons. The smallest absolute Gasteiger partial charge is 0.220 e. The lowest BCUT2D eigenvalue weighted by Crippen LogP contribution is -2.77. The van der Waals surface area contributed by atoms with Gasteiger partial charge in [0, 0.05) is 37.9 Å². The van der Waals surface area contributed by atoms with Gasteiger partial charge >= 0.3 is 0 Å². The first kappa shape index (κ1) is 28.5. The summed E-state index contributed by atoms with van der Waals surface area (Å²) in [5.41, 5.74) is 2.05. The van der Waals surface area contributed by atoms with Crippen molar-refractivity contribution in [2.24, 2.45) is 0 Å². The molecule has 0 N–H and O–H groups in total. The lowest BCUT2D eigenvalue weighted by atomic mass is 9.98. The zero-order chi connectivity index (χ0) is 54.0. The van der Waals surface area contributed by atoms with Crippen LogP contribution in [0.2, 0.25) is 25.9 Å². The summed E-state index contributed by atoms with van der Waals surface area (Å²) >= 11 is 0. The molecular formula is C54H45N5O3Si3. The minimum absolute atomic E-state index is 0.113. The first-order valence-electron chi connectivity index (χ1n) is 27.1. The Hall–Kier alpha value is -7.32. The highest BCUT2D eigenvalue weighted by Crippen LogP contribution is 2.56. The van der Waals surface area contributed by atoms with E-state index in [0.29, 0.717) is 11.0 Å². The summed E-state index contributed by atoms with van der Waals surface area (Å²) in [6.45, 7) is -14.9. The number of para-hydroxylation sites is 6. The van der Waals surface area contributed by atoms with E-state index in [1.807, 2.05) is 133 Å². The molecule has 0 fully saturated rings. The predicted octanol–water partition coefficient (Wildman–Crippen LogP) is 8.49. The fourth-order valence-corrected chi connectivity index (χ4v) is 22.3. The Labute approximate surface area is 396 Å². The van der Waals surface area contributed by atoms with Gasteiger partial charge in [-0.25, -0.2) is 15.0 Å². The molecule has 0 bridgehead atoms. The quantitative estimate of drug-likeness (QED) is 0.107. The van der Waals surface area contributed by atoms with Gasteiger partial charge in [0.2, 0.25) is 5.78 Å². The molecule has 0 saturated heterocycles. The van der Waals surface area contributed by atoms with Crippen molar-refractivity contribution >= 4 is 83.8 Å². The van der Waals surface area contributed by atoms with Crippen molar-refractivity contribution in [3.8, 4) is 17.2 Å². The summed E-state index contributed by atoms with van der Waals surface area (Å²) in [4.78, 5) is 14.0. The van der Waals surface area contributed by atoms with E-state index in [2.05, 4.69) is 25.0 Å². The van der Waals surface area contributed by atoms with Gasteiger partial charge in [-0.3, -0.25) is 8.97 Å². The fraction of sp³-hybridized carbons (Fsp3) is 0.0926. The molecule has 0 amide bonds. The number of aromatic nitrogens is 5. The number of hydrogen-bond donors (Lipinski definition) is 0. The van der Waals surface area contributed by atoms with Crippen LogP contribution in [0.5, 0.6) is 11.5 Å². The van der Waals surface area contributed by atoms with Gasteiger partial charge in [0.25, 0.3) is 0 Å². The largest absolute Gasteiger partial charge is 0.457 e. The maximum atomic E-state index is 9.85. The standard InChI is InChI=1S/C54H45N5O3Si3/c1-63(2,52-55-33-35-60-52)54(64(3,4)53-56-34-36-61-53)42-25-11-16-31-48(42)62-50-43(54)26-18-32-49(50)65(39-20-7-5-8-21-39,40-22-9-6-10-23-40)41-24-17-19-38(37-41)58-46-29-14-15-30-47(46)59-45-28-13-12-27-44(45)57-51(58)59/h5-37H,1-4H3/i1D3,2D3,3D3,4D3. The second-order valence-electron chi connectivity index (χ2n) is 16.3. The van der Waals surface area contributed by atoms with Gasteiger partial charge in [0.05, 0.1) is 34.5 Å². The topological polar surface area (TPSA) is 83.5 Å². The zero-order valence-electron chi connectivity index (χ0n) is 46.5. The van der Waals surface area contributed by atoms with E-state index >= 15 is 0 Å². The predicted molar refractivity (Wildman–Crippen MR) is 268 cm³/mol. The van der Waals surface area contributed by atoms with Gasteiger partial charge in [-0.2, -0.15) is 0 Å². The molecule has 8 nitrogen and oxygen atoms in total. The molecule has 0 atom stereocenters. The Kier molecular flexibility index (Phi) is 6.40. The molecule has 1 aliphatic heterocycles. The molecule has 65 heavy (non-hydrogen) atoms.